The van der Waals surface area contributed by atoms with Crippen LogP contribution in [0.2, 0.25) is 5.02 Å². The van der Waals surface area contributed by atoms with E-state index in [0.29, 0.717) is 0 Å². The smallest absolute Gasteiger partial charge is 0.0576 e. The van der Waals surface area contributed by atoms with Crippen molar-refractivity contribution in [2.45, 2.75) is 32.1 Å². The number of halogens is 1. The summed E-state index contributed by atoms with van der Waals surface area (Å²) in [6.45, 7) is 0. The molecule has 2 nitrogen and oxygen atoms in total. The number of rotatable bonds is 2. The molecule has 15 heavy (non-hydrogen) atoms. The van der Waals surface area contributed by atoms with Gasteiger partial charge in [0.15, 0.2) is 0 Å². The van der Waals surface area contributed by atoms with Crippen LogP contribution < -0.4 is 5.43 Å². The van der Waals surface area contributed by atoms with Gasteiger partial charge in [-0.1, -0.05) is 24.1 Å². The van der Waals surface area contributed by atoms with E-state index in [9.17, 15) is 0 Å². The van der Waals surface area contributed by atoms with Gasteiger partial charge in [0.2, 0.25) is 0 Å². The Morgan fingerprint density at radius 1 is 1.13 bits per heavy atom. The lowest BCUT2D eigenvalue weighted by Crippen LogP contribution is -2.07. The molecule has 1 aromatic rings. The van der Waals surface area contributed by atoms with Crippen LogP contribution in [0.1, 0.15) is 32.1 Å². The number of hydrazone groups is 1. The second kappa shape index (κ2) is 5.17. The van der Waals surface area contributed by atoms with Crippen molar-refractivity contribution in [1.29, 1.82) is 0 Å². The minimum atomic E-state index is 0.740. The molecule has 0 spiro atoms. The maximum absolute atomic E-state index is 5.88. The van der Waals surface area contributed by atoms with Crippen molar-refractivity contribution < 1.29 is 0 Å². The third-order valence-electron chi connectivity index (χ3n) is 2.60. The number of hydrogen-bond acceptors (Lipinski definition) is 2. The van der Waals surface area contributed by atoms with Gasteiger partial charge in [0.05, 0.1) is 5.69 Å². The van der Waals surface area contributed by atoms with Gasteiger partial charge in [0, 0.05) is 10.7 Å². The zero-order chi connectivity index (χ0) is 10.5. The molecular formula is C12H15ClN2. The molecule has 80 valence electrons. The normalized spacial score (nSPS) is 16.2. The molecule has 0 radical (unpaired) electrons. The van der Waals surface area contributed by atoms with E-state index in [1.807, 2.05) is 24.3 Å². The molecule has 0 atom stereocenters. The molecule has 1 aromatic carbocycles. The van der Waals surface area contributed by atoms with Gasteiger partial charge in [-0.2, -0.15) is 5.10 Å². The molecule has 0 saturated heterocycles. The first-order chi connectivity index (χ1) is 7.34. The van der Waals surface area contributed by atoms with E-state index in [-0.39, 0.29) is 0 Å². The lowest BCUT2D eigenvalue weighted by Gasteiger charge is -2.12. The molecule has 0 aliphatic heterocycles. The summed E-state index contributed by atoms with van der Waals surface area (Å²) in [6, 6.07) is 7.64. The van der Waals surface area contributed by atoms with Crippen LogP contribution in [0.5, 0.6) is 0 Å². The zero-order valence-corrected chi connectivity index (χ0v) is 9.43. The second-order valence-corrected chi connectivity index (χ2v) is 4.30. The SMILES string of the molecule is Clc1cccc(NN=C2CCCCC2)c1. The van der Waals surface area contributed by atoms with E-state index in [4.69, 9.17) is 11.6 Å². The molecule has 1 aliphatic carbocycles. The Balaban J connectivity index is 1.96. The number of hydrogen-bond donors (Lipinski definition) is 1. The van der Waals surface area contributed by atoms with Crippen molar-refractivity contribution in [3.05, 3.63) is 29.3 Å². The Morgan fingerprint density at radius 2 is 1.93 bits per heavy atom. The number of nitrogens with zero attached hydrogens (tertiary/aromatic N) is 1. The first-order valence-corrected chi connectivity index (χ1v) is 5.79. The maximum Gasteiger partial charge on any atom is 0.0576 e. The molecule has 0 amide bonds. The van der Waals surface area contributed by atoms with Crippen LogP contribution in [0, 0.1) is 0 Å². The van der Waals surface area contributed by atoms with Gasteiger partial charge in [-0.3, -0.25) is 5.43 Å². The highest BCUT2D eigenvalue weighted by atomic mass is 35.5. The van der Waals surface area contributed by atoms with Gasteiger partial charge in [0.1, 0.15) is 0 Å². The van der Waals surface area contributed by atoms with Crippen molar-refractivity contribution in [2.24, 2.45) is 5.10 Å². The fraction of sp³-hybridized carbons (Fsp3) is 0.417. The fourth-order valence-electron chi connectivity index (χ4n) is 1.77. The van der Waals surface area contributed by atoms with Gasteiger partial charge in [-0.25, -0.2) is 0 Å². The molecule has 0 heterocycles. The Morgan fingerprint density at radius 3 is 2.67 bits per heavy atom. The van der Waals surface area contributed by atoms with Gasteiger partial charge < -0.3 is 0 Å². The van der Waals surface area contributed by atoms with Crippen LogP contribution in [0.4, 0.5) is 5.69 Å². The molecule has 1 saturated carbocycles. The average molecular weight is 223 g/mol. The minimum Gasteiger partial charge on any atom is -0.279 e. The summed E-state index contributed by atoms with van der Waals surface area (Å²) in [5.74, 6) is 0. The monoisotopic (exact) mass is 222 g/mol. The van der Waals surface area contributed by atoms with E-state index >= 15 is 0 Å². The van der Waals surface area contributed by atoms with E-state index in [1.165, 1.54) is 25.0 Å². The topological polar surface area (TPSA) is 24.4 Å². The highest BCUT2D eigenvalue weighted by Crippen LogP contribution is 2.17. The maximum atomic E-state index is 5.88. The predicted molar refractivity (Wildman–Crippen MR) is 65.6 cm³/mol. The summed E-state index contributed by atoms with van der Waals surface area (Å²) in [4.78, 5) is 0. The minimum absolute atomic E-state index is 0.740. The number of benzene rings is 1. The lowest BCUT2D eigenvalue weighted by molar-refractivity contribution is 0.665. The predicted octanol–water partition coefficient (Wildman–Crippen LogP) is 4.07. The van der Waals surface area contributed by atoms with Crippen LogP contribution in [0.15, 0.2) is 29.4 Å². The van der Waals surface area contributed by atoms with E-state index < -0.39 is 0 Å². The number of anilines is 1. The third-order valence-corrected chi connectivity index (χ3v) is 2.83. The third kappa shape index (κ3) is 3.24. The van der Waals surface area contributed by atoms with Gasteiger partial charge in [0.25, 0.3) is 0 Å². The molecular weight excluding hydrogens is 208 g/mol. The van der Waals surface area contributed by atoms with E-state index in [2.05, 4.69) is 10.5 Å². The molecule has 0 aromatic heterocycles. The molecule has 2 rings (SSSR count). The molecule has 0 unspecified atom stereocenters. The van der Waals surface area contributed by atoms with Gasteiger partial charge in [-0.15, -0.1) is 0 Å². The van der Waals surface area contributed by atoms with Crippen LogP contribution in [0.3, 0.4) is 0 Å². The van der Waals surface area contributed by atoms with Gasteiger partial charge >= 0.3 is 0 Å². The summed E-state index contributed by atoms with van der Waals surface area (Å²) in [7, 11) is 0. The molecule has 1 aliphatic rings. The highest BCUT2D eigenvalue weighted by molar-refractivity contribution is 6.30. The second-order valence-electron chi connectivity index (χ2n) is 3.86. The first-order valence-electron chi connectivity index (χ1n) is 5.41. The van der Waals surface area contributed by atoms with Crippen LogP contribution in [0.25, 0.3) is 0 Å². The summed E-state index contributed by atoms with van der Waals surface area (Å²) in [6.07, 6.45) is 6.16. The van der Waals surface area contributed by atoms with E-state index in [0.717, 1.165) is 23.6 Å². The standard InChI is InChI=1S/C12H15ClN2/c13-10-5-4-8-12(9-10)15-14-11-6-2-1-3-7-11/h4-5,8-9,15H,1-3,6-7H2. The molecule has 1 fully saturated rings. The van der Waals surface area contributed by atoms with Crippen LogP contribution in [-0.2, 0) is 0 Å². The lowest BCUT2D eigenvalue weighted by atomic mass is 9.99. The Labute approximate surface area is 95.3 Å². The summed E-state index contributed by atoms with van der Waals surface area (Å²) in [5, 5.41) is 5.14. The zero-order valence-electron chi connectivity index (χ0n) is 8.67. The Kier molecular flexibility index (Phi) is 3.62. The van der Waals surface area contributed by atoms with Crippen LogP contribution >= 0.6 is 11.6 Å². The highest BCUT2D eigenvalue weighted by Gasteiger charge is 2.06. The van der Waals surface area contributed by atoms with Crippen molar-refractivity contribution in [1.82, 2.24) is 0 Å². The molecule has 3 heteroatoms. The quantitative estimate of drug-likeness (QED) is 0.750. The van der Waals surface area contributed by atoms with Crippen molar-refractivity contribution in [2.75, 3.05) is 5.43 Å². The van der Waals surface area contributed by atoms with Gasteiger partial charge in [-0.05, 0) is 43.9 Å². The van der Waals surface area contributed by atoms with Crippen molar-refractivity contribution in [3.8, 4) is 0 Å². The summed E-state index contributed by atoms with van der Waals surface area (Å²) >= 11 is 5.88. The van der Waals surface area contributed by atoms with Crippen molar-refractivity contribution in [3.63, 3.8) is 0 Å². The van der Waals surface area contributed by atoms with Crippen molar-refractivity contribution >= 4 is 23.0 Å². The first kappa shape index (κ1) is 10.5. The fourth-order valence-corrected chi connectivity index (χ4v) is 1.96. The van der Waals surface area contributed by atoms with Crippen LogP contribution in [-0.4, -0.2) is 5.71 Å². The Hall–Kier alpha value is -1.02. The summed E-state index contributed by atoms with van der Waals surface area (Å²) < 4.78 is 0. The molecule has 1 N–H and O–H groups in total. The largest absolute Gasteiger partial charge is 0.279 e. The average Bonchev–Trinajstić information content (AvgIpc) is 2.28. The summed E-state index contributed by atoms with van der Waals surface area (Å²) in [5.41, 5.74) is 5.30. The van der Waals surface area contributed by atoms with E-state index in [1.54, 1.807) is 0 Å². The molecule has 0 bridgehead atoms. The Bertz CT molecular complexity index is 352. The number of nitrogens with one attached hydrogen (secondary N) is 1.